The van der Waals surface area contributed by atoms with Gasteiger partial charge < -0.3 is 15.2 Å². The quantitative estimate of drug-likeness (QED) is 0.329. The average Bonchev–Trinajstić information content (AvgIpc) is 3.61. The fraction of sp³-hybridized carbons (Fsp3) is 0.519. The van der Waals surface area contributed by atoms with Gasteiger partial charge in [-0.1, -0.05) is 19.1 Å². The molecule has 2 aromatic rings. The number of halogens is 6. The fourth-order valence-corrected chi connectivity index (χ4v) is 5.09. The summed E-state index contributed by atoms with van der Waals surface area (Å²) in [6, 6.07) is 8.81. The minimum Gasteiger partial charge on any atom is -0.493 e. The van der Waals surface area contributed by atoms with Crippen molar-refractivity contribution in [1.29, 1.82) is 0 Å². The lowest BCUT2D eigenvalue weighted by molar-refractivity contribution is -0.142. The molecule has 0 aromatic heterocycles. The first-order valence-electron chi connectivity index (χ1n) is 12.3. The van der Waals surface area contributed by atoms with E-state index in [4.69, 9.17) is 4.74 Å². The SMILES string of the molecule is C[C@H](C(=O)O)[C@H](c1cccc(OCC2CC(NCc3cc(C(F)(F)F)ccc3C(F)(F)F)C2)c1)C1CC1. The first-order valence-corrected chi connectivity index (χ1v) is 12.3. The molecule has 2 aliphatic carbocycles. The van der Waals surface area contributed by atoms with E-state index in [2.05, 4.69) is 5.32 Å². The van der Waals surface area contributed by atoms with E-state index in [0.717, 1.165) is 18.4 Å². The summed E-state index contributed by atoms with van der Waals surface area (Å²) in [5.74, 6) is -0.261. The first kappa shape index (κ1) is 27.3. The van der Waals surface area contributed by atoms with Crippen molar-refractivity contribution in [1.82, 2.24) is 5.32 Å². The zero-order chi connectivity index (χ0) is 27.0. The van der Waals surface area contributed by atoms with Gasteiger partial charge in [-0.3, -0.25) is 4.79 Å². The van der Waals surface area contributed by atoms with Gasteiger partial charge in [-0.25, -0.2) is 0 Å². The third-order valence-electron chi connectivity index (χ3n) is 7.34. The molecular weight excluding hydrogens is 500 g/mol. The van der Waals surface area contributed by atoms with Gasteiger partial charge in [-0.2, -0.15) is 26.3 Å². The summed E-state index contributed by atoms with van der Waals surface area (Å²) in [6.45, 7) is 1.79. The van der Waals surface area contributed by atoms with Gasteiger partial charge in [0.1, 0.15) is 5.75 Å². The highest BCUT2D eigenvalue weighted by atomic mass is 19.4. The number of alkyl halides is 6. The third-order valence-corrected chi connectivity index (χ3v) is 7.34. The molecule has 2 atom stereocenters. The van der Waals surface area contributed by atoms with E-state index in [1.54, 1.807) is 13.0 Å². The van der Waals surface area contributed by atoms with Gasteiger partial charge in [0.2, 0.25) is 0 Å². The molecule has 0 heterocycles. The largest absolute Gasteiger partial charge is 0.493 e. The second-order valence-electron chi connectivity index (χ2n) is 10.2. The van der Waals surface area contributed by atoms with Crippen LogP contribution in [0.1, 0.15) is 60.8 Å². The molecule has 2 aliphatic rings. The van der Waals surface area contributed by atoms with Crippen LogP contribution in [0.2, 0.25) is 0 Å². The number of rotatable bonds is 10. The van der Waals surface area contributed by atoms with Gasteiger partial charge >= 0.3 is 18.3 Å². The van der Waals surface area contributed by atoms with Crippen LogP contribution in [-0.2, 0) is 23.7 Å². The Labute approximate surface area is 211 Å². The van der Waals surface area contributed by atoms with Crippen LogP contribution in [-0.4, -0.2) is 23.7 Å². The highest BCUT2D eigenvalue weighted by Gasteiger charge is 2.39. The highest BCUT2D eigenvalue weighted by Crippen LogP contribution is 2.47. The molecule has 2 N–H and O–H groups in total. The van der Waals surface area contributed by atoms with Crippen LogP contribution >= 0.6 is 0 Å². The summed E-state index contributed by atoms with van der Waals surface area (Å²) in [6.07, 6.45) is -6.20. The molecule has 0 bridgehead atoms. The van der Waals surface area contributed by atoms with Gasteiger partial charge in [-0.15, -0.1) is 0 Å². The Bertz CT molecular complexity index is 1110. The normalized spacial score (nSPS) is 21.7. The summed E-state index contributed by atoms with van der Waals surface area (Å²) in [4.78, 5) is 11.6. The molecular formula is C27H29F6NO3. The molecule has 0 aliphatic heterocycles. The molecule has 2 saturated carbocycles. The van der Waals surface area contributed by atoms with Gasteiger partial charge in [0.25, 0.3) is 0 Å². The van der Waals surface area contributed by atoms with Crippen molar-refractivity contribution >= 4 is 5.97 Å². The number of benzene rings is 2. The van der Waals surface area contributed by atoms with Crippen molar-refractivity contribution in [3.63, 3.8) is 0 Å². The zero-order valence-electron chi connectivity index (χ0n) is 20.2. The smallest absolute Gasteiger partial charge is 0.416 e. The topological polar surface area (TPSA) is 58.6 Å². The Kier molecular flexibility index (Phi) is 7.78. The van der Waals surface area contributed by atoms with Crippen LogP contribution in [0.5, 0.6) is 5.75 Å². The van der Waals surface area contributed by atoms with E-state index in [0.29, 0.717) is 49.3 Å². The zero-order valence-corrected chi connectivity index (χ0v) is 20.2. The number of carboxylic acid groups (broad SMARTS) is 1. The van der Waals surface area contributed by atoms with E-state index in [-0.39, 0.29) is 24.4 Å². The standard InChI is InChI=1S/C27H29F6NO3/c1-15(25(35)36)24(17-5-6-17)18-3-2-4-22(12-18)37-14-16-9-21(10-16)34-13-19-11-20(26(28,29)30)7-8-23(19)27(31,32)33/h2-4,7-8,11-12,15-17,21,24,34H,5-6,9-10,13-14H2,1H3,(H,35,36)/t15-,16?,21?,24-/m0/s1. The van der Waals surface area contributed by atoms with Gasteiger partial charge in [0.05, 0.1) is 23.7 Å². The molecule has 0 spiro atoms. The number of carboxylic acids is 1. The van der Waals surface area contributed by atoms with E-state index in [1.165, 1.54) is 0 Å². The van der Waals surface area contributed by atoms with E-state index < -0.39 is 40.9 Å². The third kappa shape index (κ3) is 6.77. The summed E-state index contributed by atoms with van der Waals surface area (Å²) in [7, 11) is 0. The molecule has 4 rings (SSSR count). The number of ether oxygens (including phenoxy) is 1. The van der Waals surface area contributed by atoms with E-state index in [9.17, 15) is 36.2 Å². The number of carbonyl (C=O) groups is 1. The molecule has 0 amide bonds. The summed E-state index contributed by atoms with van der Waals surface area (Å²) in [5.41, 5.74) is -1.68. The Balaban J connectivity index is 1.30. The van der Waals surface area contributed by atoms with Crippen molar-refractivity contribution in [3.8, 4) is 5.75 Å². The van der Waals surface area contributed by atoms with Crippen LogP contribution in [0.3, 0.4) is 0 Å². The van der Waals surface area contributed by atoms with Gasteiger partial charge in [-0.05, 0) is 84.9 Å². The lowest BCUT2D eigenvalue weighted by Crippen LogP contribution is -2.43. The molecule has 2 fully saturated rings. The fourth-order valence-electron chi connectivity index (χ4n) is 5.09. The van der Waals surface area contributed by atoms with Crippen LogP contribution in [0.15, 0.2) is 42.5 Å². The van der Waals surface area contributed by atoms with Gasteiger partial charge in [0, 0.05) is 12.6 Å². The Morgan fingerprint density at radius 1 is 1.05 bits per heavy atom. The maximum atomic E-state index is 13.3. The average molecular weight is 530 g/mol. The Hall–Kier alpha value is -2.75. The maximum absolute atomic E-state index is 13.3. The summed E-state index contributed by atoms with van der Waals surface area (Å²) >= 11 is 0. The monoisotopic (exact) mass is 529 g/mol. The Morgan fingerprint density at radius 3 is 2.35 bits per heavy atom. The van der Waals surface area contributed by atoms with Crippen LogP contribution in [0.25, 0.3) is 0 Å². The summed E-state index contributed by atoms with van der Waals surface area (Å²) in [5, 5.41) is 12.4. The lowest BCUT2D eigenvalue weighted by atomic mass is 9.80. The minimum atomic E-state index is -4.74. The van der Waals surface area contributed by atoms with Gasteiger partial charge in [0.15, 0.2) is 0 Å². The van der Waals surface area contributed by atoms with Crippen LogP contribution in [0, 0.1) is 17.8 Å². The number of nitrogens with one attached hydrogen (secondary N) is 1. The predicted molar refractivity (Wildman–Crippen MR) is 124 cm³/mol. The molecule has 37 heavy (non-hydrogen) atoms. The van der Waals surface area contributed by atoms with Crippen LogP contribution < -0.4 is 10.1 Å². The summed E-state index contributed by atoms with van der Waals surface area (Å²) < 4.78 is 84.7. The molecule has 0 saturated heterocycles. The van der Waals surface area contributed by atoms with Crippen molar-refractivity contribution in [2.45, 2.75) is 63.5 Å². The highest BCUT2D eigenvalue weighted by molar-refractivity contribution is 5.71. The maximum Gasteiger partial charge on any atom is 0.416 e. The second kappa shape index (κ2) is 10.6. The minimum absolute atomic E-state index is 0.0734. The van der Waals surface area contributed by atoms with Crippen molar-refractivity contribution in [3.05, 3.63) is 64.7 Å². The molecule has 10 heteroatoms. The molecule has 2 aromatic carbocycles. The van der Waals surface area contributed by atoms with E-state index >= 15 is 0 Å². The Morgan fingerprint density at radius 2 is 1.76 bits per heavy atom. The second-order valence-corrected chi connectivity index (χ2v) is 10.2. The van der Waals surface area contributed by atoms with Crippen LogP contribution in [0.4, 0.5) is 26.3 Å². The molecule has 0 unspecified atom stereocenters. The van der Waals surface area contributed by atoms with E-state index in [1.807, 2.05) is 18.2 Å². The first-order chi connectivity index (χ1) is 17.3. The van der Waals surface area contributed by atoms with Crippen molar-refractivity contribution < 1.29 is 41.0 Å². The van der Waals surface area contributed by atoms with Crippen molar-refractivity contribution in [2.75, 3.05) is 6.61 Å². The number of aliphatic carboxylic acids is 1. The number of hydrogen-bond acceptors (Lipinski definition) is 3. The lowest BCUT2D eigenvalue weighted by Gasteiger charge is -2.36. The molecule has 4 nitrogen and oxygen atoms in total. The molecule has 0 radical (unpaired) electrons. The van der Waals surface area contributed by atoms with Crippen molar-refractivity contribution in [2.24, 2.45) is 17.8 Å². The predicted octanol–water partition coefficient (Wildman–Crippen LogP) is 6.89. The molecule has 202 valence electrons. The number of hydrogen-bond donors (Lipinski definition) is 2.